The number of ether oxygens (including phenoxy) is 2. The molecule has 0 radical (unpaired) electrons. The van der Waals surface area contributed by atoms with Gasteiger partial charge in [-0.3, -0.25) is 4.68 Å². The summed E-state index contributed by atoms with van der Waals surface area (Å²) in [7, 11) is 1.70. The molecule has 0 bridgehead atoms. The van der Waals surface area contributed by atoms with Crippen LogP contribution in [0.3, 0.4) is 0 Å². The van der Waals surface area contributed by atoms with Gasteiger partial charge in [0.25, 0.3) is 0 Å². The molecule has 0 aliphatic carbocycles. The van der Waals surface area contributed by atoms with E-state index in [1.165, 1.54) is 0 Å². The Hall–Kier alpha value is -1.73. The lowest BCUT2D eigenvalue weighted by atomic mass is 10.00. The molecule has 0 spiro atoms. The van der Waals surface area contributed by atoms with Gasteiger partial charge in [0.05, 0.1) is 13.2 Å². The lowest BCUT2D eigenvalue weighted by Crippen LogP contribution is -2.15. The molecule has 0 amide bonds. The van der Waals surface area contributed by atoms with Crippen molar-refractivity contribution in [1.82, 2.24) is 24.5 Å². The fourth-order valence-electron chi connectivity index (χ4n) is 2.91. The summed E-state index contributed by atoms with van der Waals surface area (Å²) >= 11 is 0. The molecule has 1 aliphatic heterocycles. The molecule has 0 unspecified atom stereocenters. The topological polar surface area (TPSA) is 67.0 Å². The van der Waals surface area contributed by atoms with Gasteiger partial charge >= 0.3 is 0 Å². The molecule has 0 saturated carbocycles. The van der Waals surface area contributed by atoms with Gasteiger partial charge in [0.1, 0.15) is 5.69 Å². The molecule has 1 fully saturated rings. The van der Waals surface area contributed by atoms with Crippen LogP contribution in [-0.4, -0.2) is 51.5 Å². The highest BCUT2D eigenvalue weighted by molar-refractivity contribution is 5.49. The summed E-state index contributed by atoms with van der Waals surface area (Å²) in [4.78, 5) is 4.85. The molecule has 0 N–H and O–H groups in total. The highest BCUT2D eigenvalue weighted by atomic mass is 16.5. The van der Waals surface area contributed by atoms with Crippen LogP contribution >= 0.6 is 0 Å². The maximum Gasteiger partial charge on any atom is 0.176 e. The minimum atomic E-state index is 0.277. The fraction of sp³-hybridized carbons (Fsp3) is 0.688. The van der Waals surface area contributed by atoms with Gasteiger partial charge in [-0.1, -0.05) is 0 Å². The number of hydrogen-bond donors (Lipinski definition) is 0. The maximum atomic E-state index is 5.45. The van der Waals surface area contributed by atoms with Gasteiger partial charge in [-0.05, 0) is 32.8 Å². The molecule has 1 aliphatic rings. The average Bonchev–Trinajstić information content (AvgIpc) is 3.20. The second-order valence-electron chi connectivity index (χ2n) is 6.15. The lowest BCUT2D eigenvalue weighted by molar-refractivity contribution is 0.0835. The van der Waals surface area contributed by atoms with Gasteiger partial charge in [-0.2, -0.15) is 10.2 Å². The van der Waals surface area contributed by atoms with Crippen molar-refractivity contribution in [3.8, 4) is 11.5 Å². The van der Waals surface area contributed by atoms with Crippen molar-refractivity contribution in [2.24, 2.45) is 0 Å². The van der Waals surface area contributed by atoms with Crippen molar-refractivity contribution in [3.05, 3.63) is 18.1 Å². The molecule has 2 aromatic rings. The zero-order valence-corrected chi connectivity index (χ0v) is 14.1. The Bertz CT molecular complexity index is 628. The van der Waals surface area contributed by atoms with Crippen LogP contribution in [0.1, 0.15) is 44.5 Å². The summed E-state index contributed by atoms with van der Waals surface area (Å²) < 4.78 is 14.6. The molecule has 23 heavy (non-hydrogen) atoms. The highest BCUT2D eigenvalue weighted by Gasteiger charge is 2.24. The predicted octanol–water partition coefficient (Wildman–Crippen LogP) is 2.26. The van der Waals surface area contributed by atoms with E-state index in [2.05, 4.69) is 18.9 Å². The third-order valence-corrected chi connectivity index (χ3v) is 4.17. The number of hydrogen-bond acceptors (Lipinski definition) is 5. The van der Waals surface area contributed by atoms with E-state index in [-0.39, 0.29) is 6.04 Å². The number of aromatic nitrogens is 5. The summed E-state index contributed by atoms with van der Waals surface area (Å²) in [6.07, 6.45) is 3.78. The molecule has 2 aromatic heterocycles. The van der Waals surface area contributed by atoms with Crippen LogP contribution in [0.5, 0.6) is 0 Å². The molecule has 126 valence electrons. The standard InChI is InChI=1S/C16H25N5O2/c1-12(2)21-14(4-7-17-21)16-18-15(13-5-9-23-10-6-13)19-20(16)8-11-22-3/h4,7,12-13H,5-6,8-11H2,1-3H3. The summed E-state index contributed by atoms with van der Waals surface area (Å²) in [6, 6.07) is 2.28. The van der Waals surface area contributed by atoms with Crippen LogP contribution in [-0.2, 0) is 16.0 Å². The van der Waals surface area contributed by atoms with Crippen LogP contribution in [0.25, 0.3) is 11.5 Å². The lowest BCUT2D eigenvalue weighted by Gasteiger charge is -2.18. The molecular weight excluding hydrogens is 294 g/mol. The van der Waals surface area contributed by atoms with Gasteiger partial charge in [-0.15, -0.1) is 0 Å². The summed E-state index contributed by atoms with van der Waals surface area (Å²) in [5, 5.41) is 9.18. The van der Waals surface area contributed by atoms with Crippen molar-refractivity contribution in [1.29, 1.82) is 0 Å². The van der Waals surface area contributed by atoms with Crippen molar-refractivity contribution >= 4 is 0 Å². The average molecular weight is 319 g/mol. The van der Waals surface area contributed by atoms with E-state index >= 15 is 0 Å². The first-order valence-corrected chi connectivity index (χ1v) is 8.26. The SMILES string of the molecule is COCCn1nc(C2CCOCC2)nc1-c1ccnn1C(C)C. The third-order valence-electron chi connectivity index (χ3n) is 4.17. The number of methoxy groups -OCH3 is 1. The summed E-state index contributed by atoms with van der Waals surface area (Å²) in [5.41, 5.74) is 1.00. The van der Waals surface area contributed by atoms with E-state index in [0.717, 1.165) is 43.4 Å². The van der Waals surface area contributed by atoms with E-state index in [9.17, 15) is 0 Å². The minimum absolute atomic E-state index is 0.277. The van der Waals surface area contributed by atoms with Crippen LogP contribution in [0.2, 0.25) is 0 Å². The summed E-state index contributed by atoms with van der Waals surface area (Å²) in [5.74, 6) is 2.16. The van der Waals surface area contributed by atoms with E-state index in [0.29, 0.717) is 19.1 Å². The first-order chi connectivity index (χ1) is 11.2. The number of nitrogens with zero attached hydrogens (tertiary/aromatic N) is 5. The molecule has 7 nitrogen and oxygen atoms in total. The Labute approximate surface area is 136 Å². The second-order valence-corrected chi connectivity index (χ2v) is 6.15. The highest BCUT2D eigenvalue weighted by Crippen LogP contribution is 2.27. The Kier molecular flexibility index (Phi) is 5.07. The predicted molar refractivity (Wildman–Crippen MR) is 86.3 cm³/mol. The molecule has 1 saturated heterocycles. The Morgan fingerprint density at radius 2 is 2.13 bits per heavy atom. The molecule has 0 aromatic carbocycles. The van der Waals surface area contributed by atoms with E-state index in [1.807, 2.05) is 21.6 Å². The first-order valence-electron chi connectivity index (χ1n) is 8.26. The van der Waals surface area contributed by atoms with Crippen molar-refractivity contribution in [2.75, 3.05) is 26.9 Å². The molecular formula is C16H25N5O2. The molecule has 0 atom stereocenters. The number of rotatable bonds is 6. The minimum Gasteiger partial charge on any atom is -0.383 e. The molecule has 3 rings (SSSR count). The van der Waals surface area contributed by atoms with Gasteiger partial charge < -0.3 is 9.47 Å². The normalized spacial score (nSPS) is 16.3. The van der Waals surface area contributed by atoms with Gasteiger partial charge in [0, 0.05) is 38.5 Å². The van der Waals surface area contributed by atoms with Gasteiger partial charge in [0.2, 0.25) is 0 Å². The van der Waals surface area contributed by atoms with E-state index in [1.54, 1.807) is 7.11 Å². The maximum absolute atomic E-state index is 5.45. The largest absolute Gasteiger partial charge is 0.383 e. The van der Waals surface area contributed by atoms with Crippen molar-refractivity contribution in [3.63, 3.8) is 0 Å². The van der Waals surface area contributed by atoms with Gasteiger partial charge in [0.15, 0.2) is 11.6 Å². The van der Waals surface area contributed by atoms with E-state index < -0.39 is 0 Å². The molecule has 7 heteroatoms. The van der Waals surface area contributed by atoms with Crippen molar-refractivity contribution in [2.45, 2.75) is 45.2 Å². The molecule has 3 heterocycles. The first kappa shape index (κ1) is 16.1. The third kappa shape index (κ3) is 3.45. The summed E-state index contributed by atoms with van der Waals surface area (Å²) in [6.45, 7) is 7.11. The zero-order valence-electron chi connectivity index (χ0n) is 14.1. The Morgan fingerprint density at radius 1 is 1.35 bits per heavy atom. The van der Waals surface area contributed by atoms with Crippen LogP contribution in [0.15, 0.2) is 12.3 Å². The van der Waals surface area contributed by atoms with E-state index in [4.69, 9.17) is 19.6 Å². The smallest absolute Gasteiger partial charge is 0.176 e. The fourth-order valence-corrected chi connectivity index (χ4v) is 2.91. The van der Waals surface area contributed by atoms with Crippen LogP contribution in [0, 0.1) is 0 Å². The monoisotopic (exact) mass is 319 g/mol. The van der Waals surface area contributed by atoms with Crippen LogP contribution in [0.4, 0.5) is 0 Å². The second kappa shape index (κ2) is 7.23. The van der Waals surface area contributed by atoms with Crippen molar-refractivity contribution < 1.29 is 9.47 Å². The Balaban J connectivity index is 1.96. The Morgan fingerprint density at radius 3 is 2.83 bits per heavy atom. The zero-order chi connectivity index (χ0) is 16.2. The van der Waals surface area contributed by atoms with Crippen LogP contribution < -0.4 is 0 Å². The van der Waals surface area contributed by atoms with Gasteiger partial charge in [-0.25, -0.2) is 9.67 Å². The quantitative estimate of drug-likeness (QED) is 0.817.